The Morgan fingerprint density at radius 2 is 1.74 bits per heavy atom. The van der Waals surface area contributed by atoms with Crippen molar-refractivity contribution in [2.75, 3.05) is 20.8 Å². The molecule has 1 unspecified atom stereocenters. The molecule has 2 aromatic rings. The van der Waals surface area contributed by atoms with E-state index in [0.717, 1.165) is 5.56 Å². The Balaban J connectivity index is 2.00. The van der Waals surface area contributed by atoms with Crippen LogP contribution in [0, 0.1) is 11.7 Å². The van der Waals surface area contributed by atoms with E-state index in [9.17, 15) is 19.1 Å². The second-order valence-corrected chi connectivity index (χ2v) is 5.99. The topological polar surface area (TPSA) is 84.9 Å². The number of ether oxygens (including phenoxy) is 2. The zero-order valence-corrected chi connectivity index (χ0v) is 15.2. The van der Waals surface area contributed by atoms with Crippen molar-refractivity contribution in [3.63, 3.8) is 0 Å². The highest BCUT2D eigenvalue weighted by Gasteiger charge is 2.21. The Morgan fingerprint density at radius 1 is 1.07 bits per heavy atom. The summed E-state index contributed by atoms with van der Waals surface area (Å²) in [6.07, 6.45) is 0.102. The standard InChI is InChI=1S/C20H22FNO5/c1-26-17-6-4-3-5-13(17)9-15(20(24)25)12-22-19(23)11-14-10-16(21)7-8-18(14)27-2/h3-8,10,15H,9,11-12H2,1-2H3,(H,22,23)(H,24,25). The van der Waals surface area contributed by atoms with Crippen LogP contribution in [0.2, 0.25) is 0 Å². The first-order chi connectivity index (χ1) is 12.9. The zero-order chi connectivity index (χ0) is 19.8. The molecule has 0 bridgehead atoms. The second-order valence-electron chi connectivity index (χ2n) is 5.99. The van der Waals surface area contributed by atoms with Crippen LogP contribution in [-0.4, -0.2) is 37.7 Å². The number of hydrogen-bond acceptors (Lipinski definition) is 4. The third-order valence-corrected chi connectivity index (χ3v) is 4.15. The van der Waals surface area contributed by atoms with Gasteiger partial charge >= 0.3 is 5.97 Å². The molecule has 1 amide bonds. The van der Waals surface area contributed by atoms with Gasteiger partial charge in [0.1, 0.15) is 17.3 Å². The average Bonchev–Trinajstić information content (AvgIpc) is 2.65. The fraction of sp³-hybridized carbons (Fsp3) is 0.300. The van der Waals surface area contributed by atoms with Crippen LogP contribution in [0.3, 0.4) is 0 Å². The number of carboxylic acids is 1. The van der Waals surface area contributed by atoms with E-state index in [2.05, 4.69) is 5.32 Å². The van der Waals surface area contributed by atoms with Gasteiger partial charge in [-0.3, -0.25) is 9.59 Å². The van der Waals surface area contributed by atoms with Crippen molar-refractivity contribution >= 4 is 11.9 Å². The van der Waals surface area contributed by atoms with E-state index < -0.39 is 23.6 Å². The minimum Gasteiger partial charge on any atom is -0.496 e. The van der Waals surface area contributed by atoms with Gasteiger partial charge in [-0.15, -0.1) is 0 Å². The molecule has 6 nitrogen and oxygen atoms in total. The Bertz CT molecular complexity index is 809. The van der Waals surface area contributed by atoms with E-state index in [1.807, 2.05) is 0 Å². The van der Waals surface area contributed by atoms with Gasteiger partial charge in [0.15, 0.2) is 0 Å². The van der Waals surface area contributed by atoms with Crippen LogP contribution in [0.25, 0.3) is 0 Å². The highest BCUT2D eigenvalue weighted by molar-refractivity contribution is 5.80. The maximum absolute atomic E-state index is 13.4. The number of halogens is 1. The number of benzene rings is 2. The van der Waals surface area contributed by atoms with Crippen molar-refractivity contribution in [2.45, 2.75) is 12.8 Å². The van der Waals surface area contributed by atoms with Gasteiger partial charge in [0, 0.05) is 12.1 Å². The van der Waals surface area contributed by atoms with Crippen molar-refractivity contribution in [1.29, 1.82) is 0 Å². The van der Waals surface area contributed by atoms with Gasteiger partial charge in [-0.1, -0.05) is 18.2 Å². The van der Waals surface area contributed by atoms with Gasteiger partial charge in [-0.2, -0.15) is 0 Å². The lowest BCUT2D eigenvalue weighted by atomic mass is 9.98. The first-order valence-electron chi connectivity index (χ1n) is 8.38. The van der Waals surface area contributed by atoms with Crippen LogP contribution >= 0.6 is 0 Å². The van der Waals surface area contributed by atoms with Crippen LogP contribution in [0.15, 0.2) is 42.5 Å². The van der Waals surface area contributed by atoms with Gasteiger partial charge in [0.25, 0.3) is 0 Å². The molecule has 2 N–H and O–H groups in total. The number of carbonyl (C=O) groups excluding carboxylic acids is 1. The summed E-state index contributed by atoms with van der Waals surface area (Å²) in [6.45, 7) is -0.0517. The molecule has 2 aromatic carbocycles. The van der Waals surface area contributed by atoms with E-state index in [1.54, 1.807) is 24.3 Å². The largest absolute Gasteiger partial charge is 0.496 e. The number of rotatable bonds is 9. The molecule has 0 aliphatic carbocycles. The summed E-state index contributed by atoms with van der Waals surface area (Å²) in [5.74, 6) is -1.73. The summed E-state index contributed by atoms with van der Waals surface area (Å²) >= 11 is 0. The van der Waals surface area contributed by atoms with Crippen LogP contribution in [0.4, 0.5) is 4.39 Å². The Labute approximate surface area is 156 Å². The monoisotopic (exact) mass is 375 g/mol. The van der Waals surface area contributed by atoms with Gasteiger partial charge in [0.2, 0.25) is 5.91 Å². The first-order valence-corrected chi connectivity index (χ1v) is 8.38. The number of para-hydroxylation sites is 1. The Kier molecular flexibility index (Phi) is 7.16. The molecule has 2 rings (SSSR count). The molecule has 7 heteroatoms. The SMILES string of the molecule is COc1ccc(F)cc1CC(=O)NCC(Cc1ccccc1OC)C(=O)O. The fourth-order valence-corrected chi connectivity index (χ4v) is 2.74. The van der Waals surface area contributed by atoms with Crippen LogP contribution in [-0.2, 0) is 22.4 Å². The van der Waals surface area contributed by atoms with E-state index in [0.29, 0.717) is 17.1 Å². The minimum absolute atomic E-state index is 0.0517. The number of nitrogens with one attached hydrogen (secondary N) is 1. The molecule has 0 saturated heterocycles. The average molecular weight is 375 g/mol. The lowest BCUT2D eigenvalue weighted by molar-refractivity contribution is -0.141. The van der Waals surface area contributed by atoms with Crippen molar-refractivity contribution in [1.82, 2.24) is 5.32 Å². The summed E-state index contributed by atoms with van der Waals surface area (Å²) in [6, 6.07) is 11.0. The highest BCUT2D eigenvalue weighted by Crippen LogP contribution is 2.22. The molecule has 0 aromatic heterocycles. The fourth-order valence-electron chi connectivity index (χ4n) is 2.74. The van der Waals surface area contributed by atoms with Crippen LogP contribution < -0.4 is 14.8 Å². The van der Waals surface area contributed by atoms with Gasteiger partial charge in [0.05, 0.1) is 26.6 Å². The molecule has 0 aliphatic heterocycles. The van der Waals surface area contributed by atoms with E-state index in [4.69, 9.17) is 9.47 Å². The molecule has 0 heterocycles. The maximum atomic E-state index is 13.4. The quantitative estimate of drug-likeness (QED) is 0.703. The number of methoxy groups -OCH3 is 2. The molecule has 0 fully saturated rings. The first kappa shape index (κ1) is 20.2. The number of carboxylic acid groups (broad SMARTS) is 1. The third-order valence-electron chi connectivity index (χ3n) is 4.15. The van der Waals surface area contributed by atoms with Gasteiger partial charge < -0.3 is 19.9 Å². The van der Waals surface area contributed by atoms with E-state index in [1.165, 1.54) is 32.4 Å². The van der Waals surface area contributed by atoms with Crippen molar-refractivity contribution < 1.29 is 28.6 Å². The van der Waals surface area contributed by atoms with Crippen molar-refractivity contribution in [3.05, 3.63) is 59.4 Å². The summed E-state index contributed by atoms with van der Waals surface area (Å²) < 4.78 is 23.7. The summed E-state index contributed by atoms with van der Waals surface area (Å²) in [7, 11) is 2.95. The Morgan fingerprint density at radius 3 is 2.41 bits per heavy atom. The van der Waals surface area contributed by atoms with E-state index >= 15 is 0 Å². The molecule has 144 valence electrons. The van der Waals surface area contributed by atoms with Crippen molar-refractivity contribution in [2.24, 2.45) is 5.92 Å². The number of aliphatic carboxylic acids is 1. The van der Waals surface area contributed by atoms with Crippen LogP contribution in [0.1, 0.15) is 11.1 Å². The molecular formula is C20H22FNO5. The summed E-state index contributed by atoms with van der Waals surface area (Å²) in [5.41, 5.74) is 1.14. The highest BCUT2D eigenvalue weighted by atomic mass is 19.1. The van der Waals surface area contributed by atoms with E-state index in [-0.39, 0.29) is 19.4 Å². The number of hydrogen-bond donors (Lipinski definition) is 2. The predicted octanol–water partition coefficient (Wildman–Crippen LogP) is 2.45. The van der Waals surface area contributed by atoms with Gasteiger partial charge in [-0.05, 0) is 36.2 Å². The summed E-state index contributed by atoms with van der Waals surface area (Å²) in [4.78, 5) is 23.7. The molecule has 1 atom stereocenters. The smallest absolute Gasteiger partial charge is 0.308 e. The Hall–Kier alpha value is -3.09. The molecule has 0 spiro atoms. The van der Waals surface area contributed by atoms with Gasteiger partial charge in [-0.25, -0.2) is 4.39 Å². The maximum Gasteiger partial charge on any atom is 0.308 e. The molecular weight excluding hydrogens is 353 g/mol. The van der Waals surface area contributed by atoms with Crippen molar-refractivity contribution in [3.8, 4) is 11.5 Å². The molecule has 0 saturated carbocycles. The number of amides is 1. The zero-order valence-electron chi connectivity index (χ0n) is 15.2. The molecule has 27 heavy (non-hydrogen) atoms. The molecule has 0 aliphatic rings. The molecule has 0 radical (unpaired) electrons. The lowest BCUT2D eigenvalue weighted by Gasteiger charge is -2.16. The summed E-state index contributed by atoms with van der Waals surface area (Å²) in [5, 5.41) is 12.1. The second kappa shape index (κ2) is 9.56. The lowest BCUT2D eigenvalue weighted by Crippen LogP contribution is -2.35. The predicted molar refractivity (Wildman–Crippen MR) is 97.5 cm³/mol. The number of carbonyl (C=O) groups is 2. The third kappa shape index (κ3) is 5.70. The van der Waals surface area contributed by atoms with Crippen LogP contribution in [0.5, 0.6) is 11.5 Å². The normalized spacial score (nSPS) is 11.5. The minimum atomic E-state index is -1.02.